The van der Waals surface area contributed by atoms with Gasteiger partial charge in [0, 0.05) is 6.54 Å². The van der Waals surface area contributed by atoms with Gasteiger partial charge in [-0.1, -0.05) is 13.8 Å². The van der Waals surface area contributed by atoms with Gasteiger partial charge >= 0.3 is 0 Å². The summed E-state index contributed by atoms with van der Waals surface area (Å²) in [5.74, 6) is 0.159. The summed E-state index contributed by atoms with van der Waals surface area (Å²) in [6, 6.07) is 0. The third kappa shape index (κ3) is 2.92. The van der Waals surface area contributed by atoms with E-state index in [1.54, 1.807) is 0 Å². The van der Waals surface area contributed by atoms with Gasteiger partial charge in [0.15, 0.2) is 0 Å². The highest BCUT2D eigenvalue weighted by Crippen LogP contribution is 2.16. The molecule has 3 N–H and O–H groups in total. The van der Waals surface area contributed by atoms with Gasteiger partial charge < -0.3 is 15.7 Å². The highest BCUT2D eigenvalue weighted by molar-refractivity contribution is 5.80. The molecule has 0 aromatic rings. The Kier molecular flexibility index (Phi) is 4.54. The number of nitrogens with one attached hydrogen (secondary N) is 2. The van der Waals surface area contributed by atoms with Gasteiger partial charge in [0.05, 0.1) is 18.1 Å². The molecule has 1 heterocycles. The number of amides is 1. The number of rotatable bonds is 5. The van der Waals surface area contributed by atoms with Gasteiger partial charge in [-0.25, -0.2) is 0 Å². The number of aliphatic hydroxyl groups is 1. The van der Waals surface area contributed by atoms with E-state index in [1.807, 2.05) is 13.8 Å². The first-order valence-corrected chi connectivity index (χ1v) is 5.81. The summed E-state index contributed by atoms with van der Waals surface area (Å²) < 4.78 is 0. The highest BCUT2D eigenvalue weighted by Gasteiger charge is 2.31. The minimum absolute atomic E-state index is 0.0197. The molecular weight excluding hydrogens is 192 g/mol. The smallest absolute Gasteiger partial charge is 0.224 e. The van der Waals surface area contributed by atoms with Gasteiger partial charge in [-0.15, -0.1) is 0 Å². The number of hydrogen-bond donors (Lipinski definition) is 3. The van der Waals surface area contributed by atoms with E-state index in [9.17, 15) is 9.90 Å². The van der Waals surface area contributed by atoms with Gasteiger partial charge in [-0.3, -0.25) is 4.79 Å². The van der Waals surface area contributed by atoms with Crippen molar-refractivity contribution in [3.8, 4) is 0 Å². The van der Waals surface area contributed by atoms with Crippen LogP contribution in [-0.2, 0) is 4.79 Å². The summed E-state index contributed by atoms with van der Waals surface area (Å²) in [4.78, 5) is 11.9. The maximum absolute atomic E-state index is 11.9. The second-order valence-electron chi connectivity index (χ2n) is 4.32. The monoisotopic (exact) mass is 214 g/mol. The quantitative estimate of drug-likeness (QED) is 0.615. The number of carbonyl (C=O) groups excluding carboxylic acids is 1. The summed E-state index contributed by atoms with van der Waals surface area (Å²) in [6.07, 6.45) is 2.44. The van der Waals surface area contributed by atoms with E-state index in [4.69, 9.17) is 0 Å². The fraction of sp³-hybridized carbons (Fsp3) is 0.909. The molecule has 1 fully saturated rings. The lowest BCUT2D eigenvalue weighted by atomic mass is 9.92. The molecule has 1 atom stereocenters. The molecule has 0 spiro atoms. The van der Waals surface area contributed by atoms with Gasteiger partial charge in [-0.05, 0) is 25.8 Å². The van der Waals surface area contributed by atoms with E-state index in [-0.39, 0.29) is 18.4 Å². The molecular formula is C11H22N2O2. The van der Waals surface area contributed by atoms with E-state index < -0.39 is 5.54 Å². The molecule has 1 unspecified atom stereocenters. The summed E-state index contributed by atoms with van der Waals surface area (Å²) >= 11 is 0. The average molecular weight is 214 g/mol. The SMILES string of the molecule is CCC(CC)(CO)NC(=O)C1CCNC1. The second-order valence-corrected chi connectivity index (χ2v) is 4.32. The van der Waals surface area contributed by atoms with Crippen LogP contribution in [0.1, 0.15) is 33.1 Å². The molecule has 0 radical (unpaired) electrons. The van der Waals surface area contributed by atoms with Crippen LogP contribution in [0.15, 0.2) is 0 Å². The van der Waals surface area contributed by atoms with Crippen LogP contribution in [0.3, 0.4) is 0 Å². The first-order valence-electron chi connectivity index (χ1n) is 5.81. The fourth-order valence-electron chi connectivity index (χ4n) is 1.93. The van der Waals surface area contributed by atoms with E-state index in [1.165, 1.54) is 0 Å². The molecule has 1 aliphatic heterocycles. The van der Waals surface area contributed by atoms with Crippen LogP contribution in [0, 0.1) is 5.92 Å². The number of carbonyl (C=O) groups is 1. The van der Waals surface area contributed by atoms with E-state index in [0.29, 0.717) is 0 Å². The Morgan fingerprint density at radius 2 is 2.20 bits per heavy atom. The molecule has 1 rings (SSSR count). The highest BCUT2D eigenvalue weighted by atomic mass is 16.3. The Balaban J connectivity index is 2.53. The summed E-state index contributed by atoms with van der Waals surface area (Å²) in [6.45, 7) is 5.69. The largest absolute Gasteiger partial charge is 0.394 e. The van der Waals surface area contributed by atoms with Crippen LogP contribution in [0.25, 0.3) is 0 Å². The zero-order valence-electron chi connectivity index (χ0n) is 9.68. The molecule has 4 nitrogen and oxygen atoms in total. The Morgan fingerprint density at radius 1 is 1.53 bits per heavy atom. The van der Waals surface area contributed by atoms with Crippen molar-refractivity contribution in [2.75, 3.05) is 19.7 Å². The first-order chi connectivity index (χ1) is 7.17. The molecule has 1 aliphatic rings. The van der Waals surface area contributed by atoms with Crippen molar-refractivity contribution in [1.29, 1.82) is 0 Å². The molecule has 0 aliphatic carbocycles. The lowest BCUT2D eigenvalue weighted by molar-refractivity contribution is -0.127. The van der Waals surface area contributed by atoms with Gasteiger partial charge in [-0.2, -0.15) is 0 Å². The van der Waals surface area contributed by atoms with E-state index in [0.717, 1.165) is 32.4 Å². The van der Waals surface area contributed by atoms with Crippen LogP contribution in [0.5, 0.6) is 0 Å². The molecule has 0 bridgehead atoms. The van der Waals surface area contributed by atoms with E-state index in [2.05, 4.69) is 10.6 Å². The molecule has 88 valence electrons. The molecule has 4 heteroatoms. The van der Waals surface area contributed by atoms with Crippen LogP contribution in [-0.4, -0.2) is 36.2 Å². The Morgan fingerprint density at radius 3 is 2.60 bits per heavy atom. The average Bonchev–Trinajstić information content (AvgIpc) is 2.79. The standard InChI is InChI=1S/C11H22N2O2/c1-3-11(4-2,8-14)13-10(15)9-5-6-12-7-9/h9,12,14H,3-8H2,1-2H3,(H,13,15). The van der Waals surface area contributed by atoms with Crippen LogP contribution >= 0.6 is 0 Å². The number of aliphatic hydroxyl groups excluding tert-OH is 1. The zero-order valence-corrected chi connectivity index (χ0v) is 9.68. The van der Waals surface area contributed by atoms with Crippen LogP contribution < -0.4 is 10.6 Å². The minimum atomic E-state index is -0.417. The maximum Gasteiger partial charge on any atom is 0.224 e. The Hall–Kier alpha value is -0.610. The molecule has 1 saturated heterocycles. The number of hydrogen-bond acceptors (Lipinski definition) is 3. The molecule has 0 aromatic carbocycles. The summed E-state index contributed by atoms with van der Waals surface area (Å²) in [5.41, 5.74) is -0.417. The summed E-state index contributed by atoms with van der Waals surface area (Å²) in [5, 5.41) is 15.5. The van der Waals surface area contributed by atoms with Crippen LogP contribution in [0.2, 0.25) is 0 Å². The second kappa shape index (κ2) is 5.47. The Labute approximate surface area is 91.4 Å². The normalized spacial score (nSPS) is 21.7. The van der Waals surface area contributed by atoms with Crippen molar-refractivity contribution in [1.82, 2.24) is 10.6 Å². The maximum atomic E-state index is 11.9. The van der Waals surface area contributed by atoms with Gasteiger partial charge in [0.2, 0.25) is 5.91 Å². The van der Waals surface area contributed by atoms with E-state index >= 15 is 0 Å². The molecule has 15 heavy (non-hydrogen) atoms. The van der Waals surface area contributed by atoms with Crippen LogP contribution in [0.4, 0.5) is 0 Å². The Bertz CT molecular complexity index is 200. The molecule has 1 amide bonds. The van der Waals surface area contributed by atoms with Crippen molar-refractivity contribution in [2.45, 2.75) is 38.6 Å². The summed E-state index contributed by atoms with van der Waals surface area (Å²) in [7, 11) is 0. The van der Waals surface area contributed by atoms with Crippen molar-refractivity contribution < 1.29 is 9.90 Å². The first kappa shape index (κ1) is 12.5. The lowest BCUT2D eigenvalue weighted by Crippen LogP contribution is -2.52. The molecule has 0 saturated carbocycles. The predicted molar refractivity (Wildman–Crippen MR) is 59.5 cm³/mol. The molecule has 0 aromatic heterocycles. The van der Waals surface area contributed by atoms with Crippen molar-refractivity contribution in [3.05, 3.63) is 0 Å². The topological polar surface area (TPSA) is 61.4 Å². The lowest BCUT2D eigenvalue weighted by Gasteiger charge is -2.31. The van der Waals surface area contributed by atoms with Gasteiger partial charge in [0.1, 0.15) is 0 Å². The van der Waals surface area contributed by atoms with Crippen molar-refractivity contribution >= 4 is 5.91 Å². The fourth-order valence-corrected chi connectivity index (χ4v) is 1.93. The third-order valence-electron chi connectivity index (χ3n) is 3.48. The van der Waals surface area contributed by atoms with Gasteiger partial charge in [0.25, 0.3) is 0 Å². The minimum Gasteiger partial charge on any atom is -0.394 e. The zero-order chi connectivity index (χ0) is 11.3. The van der Waals surface area contributed by atoms with Crippen molar-refractivity contribution in [2.24, 2.45) is 5.92 Å². The predicted octanol–water partition coefficient (Wildman–Crippen LogP) is 0.263. The van der Waals surface area contributed by atoms with Crippen molar-refractivity contribution in [3.63, 3.8) is 0 Å². The third-order valence-corrected chi connectivity index (χ3v) is 3.48.